The minimum Gasteiger partial charge on any atom is -0.370 e. The molecule has 1 aromatic rings. The molecule has 0 aromatic heterocycles. The molecule has 7 nitrogen and oxygen atoms in total. The number of amides is 2. The number of rotatable bonds is 7. The van der Waals surface area contributed by atoms with Gasteiger partial charge < -0.3 is 9.69 Å². The first-order valence-electron chi connectivity index (χ1n) is 10.5. The van der Waals surface area contributed by atoms with E-state index in [0.29, 0.717) is 29.9 Å². The Kier molecular flexibility index (Phi) is 8.45. The zero-order valence-corrected chi connectivity index (χ0v) is 17.9. The number of hydrogen-bond acceptors (Lipinski definition) is 6. The highest BCUT2D eigenvalue weighted by atomic mass is 16.2. The van der Waals surface area contributed by atoms with Crippen LogP contribution in [0.2, 0.25) is 0 Å². The SMILES string of the molecule is CC(=O)c1cccc(N2CC(CCC=O)C2)c1C(C)=O.CCC1CCC(=O)NC1=O. The molecule has 162 valence electrons. The summed E-state index contributed by atoms with van der Waals surface area (Å²) >= 11 is 0. The number of carbonyl (C=O) groups is 5. The van der Waals surface area contributed by atoms with E-state index in [9.17, 15) is 24.0 Å². The maximum atomic E-state index is 11.9. The van der Waals surface area contributed by atoms with Crippen molar-refractivity contribution in [2.75, 3.05) is 18.0 Å². The first-order valence-corrected chi connectivity index (χ1v) is 10.5. The number of nitrogens with one attached hydrogen (secondary N) is 1. The quantitative estimate of drug-likeness (QED) is 0.418. The molecule has 1 atom stereocenters. The molecule has 1 aromatic carbocycles. The number of Topliss-reactive ketones (excluding diaryl/α,β-unsaturated/α-hetero) is 2. The predicted molar refractivity (Wildman–Crippen MR) is 114 cm³/mol. The van der Waals surface area contributed by atoms with Crippen molar-refractivity contribution in [2.24, 2.45) is 11.8 Å². The van der Waals surface area contributed by atoms with Crippen molar-refractivity contribution < 1.29 is 24.0 Å². The molecule has 3 rings (SSSR count). The van der Waals surface area contributed by atoms with Crippen molar-refractivity contribution in [3.05, 3.63) is 29.3 Å². The number of carbonyl (C=O) groups excluding carboxylic acids is 5. The number of aldehydes is 1. The first-order chi connectivity index (χ1) is 14.3. The normalized spacial score (nSPS) is 18.6. The van der Waals surface area contributed by atoms with Gasteiger partial charge in [-0.05, 0) is 45.1 Å². The fourth-order valence-corrected chi connectivity index (χ4v) is 3.85. The Morgan fingerprint density at radius 1 is 1.17 bits per heavy atom. The smallest absolute Gasteiger partial charge is 0.229 e. The van der Waals surface area contributed by atoms with E-state index in [1.165, 1.54) is 13.8 Å². The highest BCUT2D eigenvalue weighted by Gasteiger charge is 2.30. The largest absolute Gasteiger partial charge is 0.370 e. The van der Waals surface area contributed by atoms with Crippen LogP contribution >= 0.6 is 0 Å². The van der Waals surface area contributed by atoms with Crippen molar-refractivity contribution in [2.45, 2.75) is 52.9 Å². The number of piperidine rings is 1. The summed E-state index contributed by atoms with van der Waals surface area (Å²) < 4.78 is 0. The third-order valence-electron chi connectivity index (χ3n) is 5.61. The molecule has 0 saturated carbocycles. The Morgan fingerprint density at radius 2 is 1.87 bits per heavy atom. The molecule has 30 heavy (non-hydrogen) atoms. The molecule has 2 fully saturated rings. The molecule has 1 N–H and O–H groups in total. The summed E-state index contributed by atoms with van der Waals surface area (Å²) in [4.78, 5) is 57.5. The van der Waals surface area contributed by atoms with Gasteiger partial charge in [0, 0.05) is 43.1 Å². The summed E-state index contributed by atoms with van der Waals surface area (Å²) in [7, 11) is 0. The van der Waals surface area contributed by atoms with Crippen LogP contribution in [0.25, 0.3) is 0 Å². The lowest BCUT2D eigenvalue weighted by atomic mass is 9.91. The van der Waals surface area contributed by atoms with E-state index >= 15 is 0 Å². The minimum absolute atomic E-state index is 0.0673. The molecule has 2 heterocycles. The summed E-state index contributed by atoms with van der Waals surface area (Å²) in [6.07, 6.45) is 4.48. The van der Waals surface area contributed by atoms with Crippen LogP contribution in [0.3, 0.4) is 0 Å². The third kappa shape index (κ3) is 5.84. The van der Waals surface area contributed by atoms with Crippen molar-refractivity contribution in [1.82, 2.24) is 5.32 Å². The number of benzene rings is 1. The molecular formula is C23H30N2O5. The molecule has 2 aliphatic heterocycles. The van der Waals surface area contributed by atoms with Gasteiger partial charge in [-0.1, -0.05) is 19.1 Å². The number of hydrogen-bond donors (Lipinski definition) is 1. The average Bonchev–Trinajstić information content (AvgIpc) is 2.67. The Balaban J connectivity index is 0.000000269. The Labute approximate surface area is 177 Å². The summed E-state index contributed by atoms with van der Waals surface area (Å²) in [5.74, 6) is 0.171. The van der Waals surface area contributed by atoms with E-state index in [1.54, 1.807) is 6.07 Å². The number of ketones is 2. The standard InChI is InChI=1S/C16H19NO3.C7H11NO2/c1-11(19)14-6-3-7-15(16(14)12(2)20)17-9-13(10-17)5-4-8-18;1-2-5-3-4-6(9)8-7(5)10/h3,6-8,13H,4-5,9-10H2,1-2H3;5H,2-4H2,1H3,(H,8,9,10). The molecule has 2 aliphatic rings. The van der Waals surface area contributed by atoms with Gasteiger partial charge in [0.05, 0.1) is 5.56 Å². The highest BCUT2D eigenvalue weighted by Crippen LogP contribution is 2.32. The van der Waals surface area contributed by atoms with E-state index in [-0.39, 0.29) is 29.3 Å². The Hall–Kier alpha value is -2.83. The number of imide groups is 1. The van der Waals surface area contributed by atoms with E-state index < -0.39 is 0 Å². The van der Waals surface area contributed by atoms with E-state index in [0.717, 1.165) is 44.3 Å². The number of nitrogens with zero attached hydrogens (tertiary/aromatic N) is 1. The van der Waals surface area contributed by atoms with E-state index in [2.05, 4.69) is 10.2 Å². The van der Waals surface area contributed by atoms with Crippen LogP contribution in [0.5, 0.6) is 0 Å². The van der Waals surface area contributed by atoms with Crippen molar-refractivity contribution >= 4 is 35.4 Å². The second-order valence-electron chi connectivity index (χ2n) is 7.88. The average molecular weight is 415 g/mol. The summed E-state index contributed by atoms with van der Waals surface area (Å²) in [5, 5.41) is 2.30. The van der Waals surface area contributed by atoms with Crippen LogP contribution < -0.4 is 10.2 Å². The van der Waals surface area contributed by atoms with Gasteiger partial charge in [0.25, 0.3) is 0 Å². The van der Waals surface area contributed by atoms with Gasteiger partial charge in [0.2, 0.25) is 11.8 Å². The third-order valence-corrected chi connectivity index (χ3v) is 5.61. The maximum Gasteiger partial charge on any atom is 0.229 e. The van der Waals surface area contributed by atoms with Gasteiger partial charge in [0.15, 0.2) is 11.6 Å². The molecular weight excluding hydrogens is 384 g/mol. The van der Waals surface area contributed by atoms with Crippen molar-refractivity contribution in [1.29, 1.82) is 0 Å². The van der Waals surface area contributed by atoms with Crippen LogP contribution in [-0.2, 0) is 14.4 Å². The second-order valence-corrected chi connectivity index (χ2v) is 7.88. The molecule has 0 spiro atoms. The Bertz CT molecular complexity index is 827. The van der Waals surface area contributed by atoms with Crippen molar-refractivity contribution in [3.8, 4) is 0 Å². The molecule has 0 bridgehead atoms. The van der Waals surface area contributed by atoms with Crippen LogP contribution in [0.4, 0.5) is 5.69 Å². The molecule has 0 aliphatic carbocycles. The lowest BCUT2D eigenvalue weighted by Crippen LogP contribution is -2.47. The first kappa shape index (κ1) is 23.4. The highest BCUT2D eigenvalue weighted by molar-refractivity contribution is 6.10. The molecule has 1 unspecified atom stereocenters. The van der Waals surface area contributed by atoms with Crippen molar-refractivity contribution in [3.63, 3.8) is 0 Å². The zero-order valence-electron chi connectivity index (χ0n) is 17.9. The number of anilines is 1. The summed E-state index contributed by atoms with van der Waals surface area (Å²) in [6.45, 7) is 6.62. The van der Waals surface area contributed by atoms with E-state index in [4.69, 9.17) is 0 Å². The molecule has 2 saturated heterocycles. The second kappa shape index (κ2) is 10.8. The predicted octanol–water partition coefficient (Wildman–Crippen LogP) is 2.96. The summed E-state index contributed by atoms with van der Waals surface area (Å²) in [6, 6.07) is 5.41. The van der Waals surface area contributed by atoms with Crippen LogP contribution in [-0.4, -0.2) is 42.8 Å². The van der Waals surface area contributed by atoms with Gasteiger partial charge in [-0.15, -0.1) is 0 Å². The fourth-order valence-electron chi connectivity index (χ4n) is 3.85. The van der Waals surface area contributed by atoms with Gasteiger partial charge in [0.1, 0.15) is 6.29 Å². The van der Waals surface area contributed by atoms with Gasteiger partial charge in [-0.25, -0.2) is 0 Å². The maximum absolute atomic E-state index is 11.9. The molecule has 7 heteroatoms. The minimum atomic E-state index is -0.130. The Morgan fingerprint density at radius 3 is 2.40 bits per heavy atom. The zero-order chi connectivity index (χ0) is 22.3. The van der Waals surface area contributed by atoms with Crippen LogP contribution in [0.1, 0.15) is 73.6 Å². The summed E-state index contributed by atoms with van der Waals surface area (Å²) in [5.41, 5.74) is 1.85. The van der Waals surface area contributed by atoms with Gasteiger partial charge in [-0.3, -0.25) is 24.5 Å². The van der Waals surface area contributed by atoms with Gasteiger partial charge in [-0.2, -0.15) is 0 Å². The monoisotopic (exact) mass is 414 g/mol. The topological polar surface area (TPSA) is 101 Å². The molecule has 2 amide bonds. The van der Waals surface area contributed by atoms with Gasteiger partial charge >= 0.3 is 0 Å². The fraction of sp³-hybridized carbons (Fsp3) is 0.522. The van der Waals surface area contributed by atoms with Crippen LogP contribution in [0.15, 0.2) is 18.2 Å². The lowest BCUT2D eigenvalue weighted by Gasteiger charge is -2.42. The molecule has 0 radical (unpaired) electrons. The van der Waals surface area contributed by atoms with E-state index in [1.807, 2.05) is 19.1 Å². The lowest BCUT2D eigenvalue weighted by molar-refractivity contribution is -0.136. The van der Waals surface area contributed by atoms with Crippen LogP contribution in [0, 0.1) is 11.8 Å².